The van der Waals surface area contributed by atoms with Crippen LogP contribution in [0.25, 0.3) is 11.2 Å². The quantitative estimate of drug-likeness (QED) is 0.617. The number of fused-ring (bicyclic) bond motifs is 2. The molecule has 0 bridgehead atoms. The maximum atomic E-state index is 5.96. The van der Waals surface area contributed by atoms with Crippen molar-refractivity contribution in [2.24, 2.45) is 0 Å². The number of hydrogen-bond acceptors (Lipinski definition) is 7. The van der Waals surface area contributed by atoms with Crippen LogP contribution in [0.4, 0.5) is 5.82 Å². The molecular formula is C13H16N5O3Tl. The van der Waals surface area contributed by atoms with Crippen LogP contribution in [-0.2, 0) is 14.2 Å². The summed E-state index contributed by atoms with van der Waals surface area (Å²) in [7, 11) is 0. The normalized spacial score (nSPS) is 30.3. The van der Waals surface area contributed by atoms with Gasteiger partial charge in [0, 0.05) is 0 Å². The van der Waals surface area contributed by atoms with Crippen molar-refractivity contribution in [1.29, 1.82) is 0 Å². The second kappa shape index (κ2) is 5.36. The van der Waals surface area contributed by atoms with Crippen LogP contribution in [0.5, 0.6) is 0 Å². The zero-order valence-corrected chi connectivity index (χ0v) is 16.9. The summed E-state index contributed by atoms with van der Waals surface area (Å²) < 4.78 is 22.9. The fourth-order valence-electron chi connectivity index (χ4n) is 3.08. The standard InChI is InChI=1S/C13H16N5O3.Tl/c1-13(2)20-7-3-9(19-4-8(7)21-13)18-6-17-10-11(14)15-5-16-12(10)18;/h5-9H,3-4H2,1-2H3,(H-,14,15,16);/q-1;+1. The van der Waals surface area contributed by atoms with Crippen molar-refractivity contribution in [3.63, 3.8) is 0 Å². The average molecular weight is 495 g/mol. The van der Waals surface area contributed by atoms with Crippen LogP contribution in [0, 0.1) is 0 Å². The molecule has 0 amide bonds. The molecule has 0 aliphatic carbocycles. The van der Waals surface area contributed by atoms with E-state index in [0.29, 0.717) is 32.7 Å². The number of hydrogen-bond donors (Lipinski definition) is 1. The summed E-state index contributed by atoms with van der Waals surface area (Å²) in [6.07, 6.45) is 3.91. The molecule has 0 aromatic carbocycles. The number of anilines is 1. The number of nitrogens with zero attached hydrogens (tertiary/aromatic N) is 4. The topological polar surface area (TPSA) is 83.3 Å². The molecular weight excluding hydrogens is 479 g/mol. The minimum absolute atomic E-state index is 0.00395. The van der Waals surface area contributed by atoms with Crippen LogP contribution >= 0.6 is 0 Å². The van der Waals surface area contributed by atoms with Gasteiger partial charge in [-0.25, -0.2) is 0 Å². The molecule has 1 N–H and O–H groups in total. The van der Waals surface area contributed by atoms with Gasteiger partial charge in [-0.15, -0.1) is 0 Å². The Hall–Kier alpha value is -0.848. The van der Waals surface area contributed by atoms with Gasteiger partial charge in [0.05, 0.1) is 0 Å². The fraction of sp³-hybridized carbons (Fsp3) is 0.615. The third-order valence-electron chi connectivity index (χ3n) is 3.98. The van der Waals surface area contributed by atoms with E-state index < -0.39 is 5.79 Å². The second-order valence-electron chi connectivity index (χ2n) is 5.93. The molecule has 0 spiro atoms. The first-order valence-electron chi connectivity index (χ1n) is 7.19. The maximum absolute atomic E-state index is 5.96. The Morgan fingerprint density at radius 3 is 2.91 bits per heavy atom. The average Bonchev–Trinajstić information content (AvgIpc) is 3.04. The summed E-state index contributed by atoms with van der Waals surface area (Å²) in [6.45, 7) is 4.38. The molecule has 2 fully saturated rings. The van der Waals surface area contributed by atoms with E-state index in [9.17, 15) is 0 Å². The van der Waals surface area contributed by atoms with Crippen LogP contribution < -0.4 is 3.13 Å². The van der Waals surface area contributed by atoms with Gasteiger partial charge in [0.25, 0.3) is 0 Å². The number of ether oxygens (including phenoxy) is 3. The third kappa shape index (κ3) is 2.41. The molecule has 2 saturated heterocycles. The van der Waals surface area contributed by atoms with Crippen LogP contribution in [0.15, 0.2) is 12.7 Å². The zero-order chi connectivity index (χ0) is 15.3. The molecule has 2 aliphatic rings. The predicted octanol–water partition coefficient (Wildman–Crippen LogP) is 0.761. The Morgan fingerprint density at radius 2 is 2.09 bits per heavy atom. The van der Waals surface area contributed by atoms with Gasteiger partial charge >= 0.3 is 144 Å². The van der Waals surface area contributed by atoms with E-state index >= 15 is 0 Å². The van der Waals surface area contributed by atoms with Crippen molar-refractivity contribution >= 4 is 43.0 Å². The number of aromatic nitrogens is 4. The molecule has 0 radical (unpaired) electrons. The molecule has 3 atom stereocenters. The van der Waals surface area contributed by atoms with Gasteiger partial charge in [0.1, 0.15) is 0 Å². The molecule has 0 saturated carbocycles. The first kappa shape index (κ1) is 14.7. The van der Waals surface area contributed by atoms with Crippen LogP contribution in [0.1, 0.15) is 26.5 Å². The number of rotatable bonds is 2. The van der Waals surface area contributed by atoms with E-state index in [4.69, 9.17) is 14.2 Å². The fourth-order valence-corrected chi connectivity index (χ4v) is 3.91. The van der Waals surface area contributed by atoms with Crippen molar-refractivity contribution in [2.75, 3.05) is 9.73 Å². The Kier molecular flexibility index (Phi) is 3.58. The molecule has 2 aliphatic heterocycles. The molecule has 2 aromatic rings. The molecule has 4 heterocycles. The molecule has 114 valence electrons. The van der Waals surface area contributed by atoms with Crippen molar-refractivity contribution < 1.29 is 14.2 Å². The zero-order valence-electron chi connectivity index (χ0n) is 12.4. The third-order valence-corrected chi connectivity index (χ3v) is 5.04. The Morgan fingerprint density at radius 1 is 1.27 bits per heavy atom. The predicted molar refractivity (Wildman–Crippen MR) is 78.1 cm³/mol. The van der Waals surface area contributed by atoms with E-state index in [0.717, 1.165) is 23.4 Å². The van der Waals surface area contributed by atoms with Gasteiger partial charge in [-0.05, 0) is 0 Å². The van der Waals surface area contributed by atoms with Gasteiger partial charge in [-0.1, -0.05) is 0 Å². The molecule has 8 nitrogen and oxygen atoms in total. The summed E-state index contributed by atoms with van der Waals surface area (Å²) in [5.74, 6) is 0.237. The van der Waals surface area contributed by atoms with Gasteiger partial charge < -0.3 is 0 Å². The van der Waals surface area contributed by atoms with Crippen molar-refractivity contribution in [3.8, 4) is 0 Å². The monoisotopic (exact) mass is 495 g/mol. The van der Waals surface area contributed by atoms with Crippen LogP contribution in [0.2, 0.25) is 0 Å². The summed E-state index contributed by atoms with van der Waals surface area (Å²) in [5.41, 5.74) is 1.56. The summed E-state index contributed by atoms with van der Waals surface area (Å²) in [4.78, 5) is 13.0. The first-order valence-corrected chi connectivity index (χ1v) is 9.43. The van der Waals surface area contributed by atoms with E-state index in [1.807, 2.05) is 18.4 Å². The Bertz CT molecular complexity index is 706. The van der Waals surface area contributed by atoms with Gasteiger partial charge in [0.15, 0.2) is 0 Å². The van der Waals surface area contributed by atoms with E-state index in [1.165, 1.54) is 0 Å². The summed E-state index contributed by atoms with van der Waals surface area (Å²) in [5, 5.41) is 0. The molecule has 9 heteroatoms. The number of nitrogens with one attached hydrogen (secondary N) is 1. The van der Waals surface area contributed by atoms with Gasteiger partial charge in [-0.2, -0.15) is 0 Å². The summed E-state index contributed by atoms with van der Waals surface area (Å²) >= 11 is 0.603. The minimum atomic E-state index is -0.544. The van der Waals surface area contributed by atoms with Crippen LogP contribution in [-0.4, -0.2) is 70.2 Å². The Labute approximate surface area is 143 Å². The van der Waals surface area contributed by atoms with Crippen LogP contribution in [0.3, 0.4) is 0 Å². The first-order chi connectivity index (χ1) is 10.6. The van der Waals surface area contributed by atoms with E-state index in [2.05, 4.69) is 18.1 Å². The van der Waals surface area contributed by atoms with Crippen molar-refractivity contribution in [1.82, 2.24) is 19.5 Å². The van der Waals surface area contributed by atoms with Gasteiger partial charge in [-0.3, -0.25) is 0 Å². The van der Waals surface area contributed by atoms with Crippen molar-refractivity contribution in [2.45, 2.75) is 44.5 Å². The molecule has 3 unspecified atom stereocenters. The summed E-state index contributed by atoms with van der Waals surface area (Å²) in [6, 6.07) is 0. The van der Waals surface area contributed by atoms with E-state index in [1.54, 1.807) is 12.7 Å². The molecule has 22 heavy (non-hydrogen) atoms. The van der Waals surface area contributed by atoms with Crippen molar-refractivity contribution in [3.05, 3.63) is 12.7 Å². The van der Waals surface area contributed by atoms with E-state index in [-0.39, 0.29) is 18.4 Å². The Balaban J connectivity index is 1.63. The van der Waals surface area contributed by atoms with Gasteiger partial charge in [0.2, 0.25) is 0 Å². The number of imidazole rings is 1. The second-order valence-corrected chi connectivity index (χ2v) is 7.05. The SMILES string of the molecule is CC1(C)OC2COC(n3cnc4c([NH][Tl])ncnc43)CC2O1. The molecule has 2 aromatic heterocycles. The molecule has 4 rings (SSSR count).